The van der Waals surface area contributed by atoms with Gasteiger partial charge in [0.2, 0.25) is 0 Å². The summed E-state index contributed by atoms with van der Waals surface area (Å²) in [5.41, 5.74) is 0.0674. The normalized spacial score (nSPS) is 13.2. The largest absolute Gasteiger partial charge is 0.465 e. The Morgan fingerprint density at radius 2 is 1.71 bits per heavy atom. The molecule has 94 valence electrons. The van der Waals surface area contributed by atoms with Crippen LogP contribution >= 0.6 is 0 Å². The van der Waals surface area contributed by atoms with E-state index in [-0.39, 0.29) is 0 Å². The summed E-state index contributed by atoms with van der Waals surface area (Å²) in [7, 11) is -1.05. The van der Waals surface area contributed by atoms with Crippen LogP contribution in [0.2, 0.25) is 0 Å². The number of amides is 1. The summed E-state index contributed by atoms with van der Waals surface area (Å²) in [6, 6.07) is 6.73. The van der Waals surface area contributed by atoms with Gasteiger partial charge in [-0.3, -0.25) is 9.11 Å². The SMILES string of the molecule is CS(=O)c1ccc(N(C(=O)O)C(C)(C)C)cc1. The maximum Gasteiger partial charge on any atom is 0.412 e. The van der Waals surface area contributed by atoms with Gasteiger partial charge < -0.3 is 5.11 Å². The molecule has 0 fully saturated rings. The Hall–Kier alpha value is -1.36. The number of benzene rings is 1. The van der Waals surface area contributed by atoms with Crippen molar-refractivity contribution in [2.24, 2.45) is 0 Å². The Kier molecular flexibility index (Phi) is 3.93. The zero-order chi connectivity index (χ0) is 13.2. The van der Waals surface area contributed by atoms with Gasteiger partial charge in [-0.15, -0.1) is 0 Å². The molecule has 0 saturated carbocycles. The van der Waals surface area contributed by atoms with Crippen molar-refractivity contribution in [2.45, 2.75) is 31.2 Å². The standard InChI is InChI=1S/C12H17NO3S/c1-12(2,3)13(11(14)15)9-5-7-10(8-6-9)17(4)16/h5-8H,1-4H3,(H,14,15). The van der Waals surface area contributed by atoms with Gasteiger partial charge in [0, 0.05) is 33.2 Å². The smallest absolute Gasteiger partial charge is 0.412 e. The van der Waals surface area contributed by atoms with Crippen molar-refractivity contribution < 1.29 is 14.1 Å². The molecule has 0 spiro atoms. The van der Waals surface area contributed by atoms with Crippen LogP contribution in [0.25, 0.3) is 0 Å². The topological polar surface area (TPSA) is 57.6 Å². The maximum atomic E-state index is 11.2. The zero-order valence-corrected chi connectivity index (χ0v) is 11.2. The maximum absolute atomic E-state index is 11.2. The molecule has 0 radical (unpaired) electrons. The number of hydrogen-bond donors (Lipinski definition) is 1. The lowest BCUT2D eigenvalue weighted by molar-refractivity contribution is 0.195. The Bertz CT molecular complexity index is 434. The molecule has 1 aromatic carbocycles. The molecule has 0 aromatic heterocycles. The van der Waals surface area contributed by atoms with Crippen molar-refractivity contribution >= 4 is 22.6 Å². The molecule has 1 atom stereocenters. The van der Waals surface area contributed by atoms with Crippen molar-refractivity contribution in [3.05, 3.63) is 24.3 Å². The van der Waals surface area contributed by atoms with Gasteiger partial charge in [-0.05, 0) is 45.0 Å². The number of hydrogen-bond acceptors (Lipinski definition) is 2. The fraction of sp³-hybridized carbons (Fsp3) is 0.417. The number of rotatable bonds is 2. The molecule has 0 aliphatic heterocycles. The highest BCUT2D eigenvalue weighted by Gasteiger charge is 2.27. The third-order valence-electron chi connectivity index (χ3n) is 2.29. The fourth-order valence-corrected chi connectivity index (χ4v) is 2.09. The van der Waals surface area contributed by atoms with E-state index in [0.717, 1.165) is 0 Å². The van der Waals surface area contributed by atoms with E-state index < -0.39 is 22.4 Å². The van der Waals surface area contributed by atoms with Crippen molar-refractivity contribution in [3.8, 4) is 0 Å². The van der Waals surface area contributed by atoms with Gasteiger partial charge in [-0.25, -0.2) is 4.79 Å². The summed E-state index contributed by atoms with van der Waals surface area (Å²) in [6.07, 6.45) is 0.594. The highest BCUT2D eigenvalue weighted by atomic mass is 32.2. The van der Waals surface area contributed by atoms with Crippen LogP contribution in [-0.4, -0.2) is 27.2 Å². The quantitative estimate of drug-likeness (QED) is 0.884. The monoisotopic (exact) mass is 255 g/mol. The summed E-state index contributed by atoms with van der Waals surface area (Å²) in [5.74, 6) is 0. The first-order valence-corrected chi connectivity index (χ1v) is 6.76. The molecule has 17 heavy (non-hydrogen) atoms. The van der Waals surface area contributed by atoms with Gasteiger partial charge in [0.15, 0.2) is 0 Å². The highest BCUT2D eigenvalue weighted by Crippen LogP contribution is 2.24. The molecule has 0 bridgehead atoms. The molecule has 0 heterocycles. The molecule has 1 rings (SSSR count). The number of carbonyl (C=O) groups is 1. The summed E-state index contributed by atoms with van der Waals surface area (Å²) >= 11 is 0. The molecule has 1 unspecified atom stereocenters. The van der Waals surface area contributed by atoms with E-state index in [0.29, 0.717) is 10.6 Å². The highest BCUT2D eigenvalue weighted by molar-refractivity contribution is 7.84. The lowest BCUT2D eigenvalue weighted by atomic mass is 10.1. The molecular formula is C12H17NO3S. The van der Waals surface area contributed by atoms with Gasteiger partial charge in [0.05, 0.1) is 0 Å². The first-order valence-electron chi connectivity index (χ1n) is 5.20. The Morgan fingerprint density at radius 3 is 2.00 bits per heavy atom. The minimum atomic E-state index is -1.05. The second kappa shape index (κ2) is 4.87. The van der Waals surface area contributed by atoms with Crippen LogP contribution in [0.5, 0.6) is 0 Å². The van der Waals surface area contributed by atoms with Gasteiger partial charge in [-0.1, -0.05) is 0 Å². The zero-order valence-electron chi connectivity index (χ0n) is 10.4. The average molecular weight is 255 g/mol. The molecule has 5 heteroatoms. The van der Waals surface area contributed by atoms with E-state index in [2.05, 4.69) is 0 Å². The minimum absolute atomic E-state index is 0.515. The number of carboxylic acid groups (broad SMARTS) is 1. The Balaban J connectivity index is 3.13. The van der Waals surface area contributed by atoms with Crippen LogP contribution in [0, 0.1) is 0 Å². The third-order valence-corrected chi connectivity index (χ3v) is 3.22. The van der Waals surface area contributed by atoms with E-state index in [1.165, 1.54) is 4.90 Å². The van der Waals surface area contributed by atoms with E-state index in [1.807, 2.05) is 20.8 Å². The van der Waals surface area contributed by atoms with Crippen LogP contribution in [0.1, 0.15) is 20.8 Å². The Labute approximate surface area is 104 Å². The van der Waals surface area contributed by atoms with Gasteiger partial charge >= 0.3 is 6.09 Å². The fourth-order valence-electron chi connectivity index (χ4n) is 1.57. The van der Waals surface area contributed by atoms with Crippen LogP contribution in [0.15, 0.2) is 29.2 Å². The van der Waals surface area contributed by atoms with Gasteiger partial charge in [-0.2, -0.15) is 0 Å². The average Bonchev–Trinajstić information content (AvgIpc) is 2.15. The van der Waals surface area contributed by atoms with Gasteiger partial charge in [0.25, 0.3) is 0 Å². The van der Waals surface area contributed by atoms with Crippen molar-refractivity contribution in [3.63, 3.8) is 0 Å². The van der Waals surface area contributed by atoms with Crippen LogP contribution < -0.4 is 4.90 Å². The molecule has 0 aliphatic rings. The first-order chi connectivity index (χ1) is 7.73. The molecule has 1 N–H and O–H groups in total. The summed E-state index contributed by atoms with van der Waals surface area (Å²) in [6.45, 7) is 5.48. The lowest BCUT2D eigenvalue weighted by Crippen LogP contribution is -2.45. The van der Waals surface area contributed by atoms with Crippen molar-refractivity contribution in [1.29, 1.82) is 0 Å². The number of anilines is 1. The van der Waals surface area contributed by atoms with E-state index in [4.69, 9.17) is 0 Å². The predicted octanol–water partition coefficient (Wildman–Crippen LogP) is 2.71. The van der Waals surface area contributed by atoms with Crippen molar-refractivity contribution in [2.75, 3.05) is 11.2 Å². The summed E-state index contributed by atoms with van der Waals surface area (Å²) in [4.78, 5) is 13.2. The minimum Gasteiger partial charge on any atom is -0.465 e. The second-order valence-corrected chi connectivity index (χ2v) is 6.12. The lowest BCUT2D eigenvalue weighted by Gasteiger charge is -2.33. The molecule has 4 nitrogen and oxygen atoms in total. The van der Waals surface area contributed by atoms with E-state index in [1.54, 1.807) is 30.5 Å². The Morgan fingerprint density at radius 1 is 1.24 bits per heavy atom. The van der Waals surface area contributed by atoms with Crippen molar-refractivity contribution in [1.82, 2.24) is 0 Å². The molecule has 1 aromatic rings. The first kappa shape index (κ1) is 13.7. The molecule has 1 amide bonds. The van der Waals surface area contributed by atoms with E-state index >= 15 is 0 Å². The van der Waals surface area contributed by atoms with Crippen LogP contribution in [0.3, 0.4) is 0 Å². The van der Waals surface area contributed by atoms with E-state index in [9.17, 15) is 14.1 Å². The molecular weight excluding hydrogens is 238 g/mol. The molecule has 0 aliphatic carbocycles. The number of nitrogens with zero attached hydrogens (tertiary/aromatic N) is 1. The van der Waals surface area contributed by atoms with Crippen LogP contribution in [-0.2, 0) is 10.8 Å². The predicted molar refractivity (Wildman–Crippen MR) is 69.0 cm³/mol. The third kappa shape index (κ3) is 3.30. The molecule has 0 saturated heterocycles. The summed E-state index contributed by atoms with van der Waals surface area (Å²) < 4.78 is 11.2. The second-order valence-electron chi connectivity index (χ2n) is 4.74. The van der Waals surface area contributed by atoms with Gasteiger partial charge in [0.1, 0.15) is 0 Å². The van der Waals surface area contributed by atoms with Crippen LogP contribution in [0.4, 0.5) is 10.5 Å². The summed E-state index contributed by atoms with van der Waals surface area (Å²) in [5, 5.41) is 9.21.